The summed E-state index contributed by atoms with van der Waals surface area (Å²) < 4.78 is 29.9. The third-order valence-corrected chi connectivity index (χ3v) is 5.13. The van der Waals surface area contributed by atoms with Crippen molar-refractivity contribution in [3.8, 4) is 5.75 Å². The van der Waals surface area contributed by atoms with Crippen molar-refractivity contribution in [2.75, 3.05) is 25.4 Å². The third-order valence-electron chi connectivity index (χ3n) is 3.22. The molecule has 1 aliphatic rings. The first-order chi connectivity index (χ1) is 10.0. The van der Waals surface area contributed by atoms with E-state index in [1.807, 2.05) is 31.2 Å². The average Bonchev–Trinajstić information content (AvgIpc) is 2.76. The van der Waals surface area contributed by atoms with Gasteiger partial charge in [0.05, 0.1) is 18.9 Å². The number of rotatable bonds is 6. The fourth-order valence-electron chi connectivity index (χ4n) is 2.20. The SMILES string of the molecule is CCOc1cccc(CNC(=O)CN2CCCS2(=O)=O)c1. The standard InChI is InChI=1S/C14H20N2O4S/c1-2-20-13-6-3-5-12(9-13)10-15-14(17)11-16-7-4-8-21(16,18)19/h3,5-6,9H,2,4,7-8,10-11H2,1H3,(H,15,17). The van der Waals surface area contributed by atoms with Crippen molar-refractivity contribution < 1.29 is 17.9 Å². The molecular weight excluding hydrogens is 292 g/mol. The topological polar surface area (TPSA) is 75.7 Å². The van der Waals surface area contributed by atoms with E-state index in [9.17, 15) is 13.2 Å². The van der Waals surface area contributed by atoms with Crippen LogP contribution in [-0.2, 0) is 21.4 Å². The number of hydrogen-bond acceptors (Lipinski definition) is 4. The number of hydrogen-bond donors (Lipinski definition) is 1. The molecule has 0 saturated carbocycles. The predicted molar refractivity (Wildman–Crippen MR) is 79.4 cm³/mol. The van der Waals surface area contributed by atoms with Crippen molar-refractivity contribution >= 4 is 15.9 Å². The van der Waals surface area contributed by atoms with Gasteiger partial charge in [0, 0.05) is 13.1 Å². The lowest BCUT2D eigenvalue weighted by Crippen LogP contribution is -2.37. The second-order valence-electron chi connectivity index (χ2n) is 4.86. The maximum absolute atomic E-state index is 11.8. The van der Waals surface area contributed by atoms with Crippen LogP contribution >= 0.6 is 0 Å². The summed E-state index contributed by atoms with van der Waals surface area (Å²) in [7, 11) is -3.23. The van der Waals surface area contributed by atoms with Crippen LogP contribution < -0.4 is 10.1 Å². The van der Waals surface area contributed by atoms with E-state index in [2.05, 4.69) is 5.32 Å². The lowest BCUT2D eigenvalue weighted by Gasteiger charge is -2.14. The molecule has 1 aromatic rings. The molecule has 0 aromatic heterocycles. The smallest absolute Gasteiger partial charge is 0.235 e. The third kappa shape index (κ3) is 4.44. The van der Waals surface area contributed by atoms with Gasteiger partial charge in [0.1, 0.15) is 5.75 Å². The second-order valence-corrected chi connectivity index (χ2v) is 6.95. The number of nitrogens with zero attached hydrogens (tertiary/aromatic N) is 1. The lowest BCUT2D eigenvalue weighted by atomic mass is 10.2. The fraction of sp³-hybridized carbons (Fsp3) is 0.500. The summed E-state index contributed by atoms with van der Waals surface area (Å²) in [5.41, 5.74) is 0.915. The van der Waals surface area contributed by atoms with Gasteiger partial charge in [0.2, 0.25) is 15.9 Å². The molecule has 6 nitrogen and oxygen atoms in total. The molecule has 1 fully saturated rings. The largest absolute Gasteiger partial charge is 0.494 e. The van der Waals surface area contributed by atoms with Gasteiger partial charge in [-0.1, -0.05) is 12.1 Å². The summed E-state index contributed by atoms with van der Waals surface area (Å²) in [6, 6.07) is 7.45. The van der Waals surface area contributed by atoms with Crippen LogP contribution in [0, 0.1) is 0 Å². The molecule has 21 heavy (non-hydrogen) atoms. The first-order valence-corrected chi connectivity index (χ1v) is 8.58. The van der Waals surface area contributed by atoms with Crippen LogP contribution in [0.4, 0.5) is 0 Å². The monoisotopic (exact) mass is 312 g/mol. The van der Waals surface area contributed by atoms with Crippen molar-refractivity contribution in [3.05, 3.63) is 29.8 Å². The molecule has 1 saturated heterocycles. The van der Waals surface area contributed by atoms with Gasteiger partial charge in [-0.2, -0.15) is 4.31 Å². The molecule has 1 N–H and O–H groups in total. The van der Waals surface area contributed by atoms with E-state index < -0.39 is 10.0 Å². The maximum atomic E-state index is 11.8. The maximum Gasteiger partial charge on any atom is 0.235 e. The van der Waals surface area contributed by atoms with Crippen molar-refractivity contribution in [2.45, 2.75) is 19.9 Å². The molecule has 1 aliphatic heterocycles. The Morgan fingerprint density at radius 1 is 1.43 bits per heavy atom. The van der Waals surface area contributed by atoms with E-state index in [-0.39, 0.29) is 18.2 Å². The van der Waals surface area contributed by atoms with Crippen LogP contribution in [0.5, 0.6) is 5.75 Å². The molecule has 0 aliphatic carbocycles. The minimum absolute atomic E-state index is 0.104. The molecule has 0 spiro atoms. The van der Waals surface area contributed by atoms with E-state index in [0.717, 1.165) is 11.3 Å². The Labute approximate surface area is 125 Å². The summed E-state index contributed by atoms with van der Waals surface area (Å²) in [6.07, 6.45) is 0.589. The molecule has 0 unspecified atom stereocenters. The van der Waals surface area contributed by atoms with Crippen LogP contribution in [0.25, 0.3) is 0 Å². The quantitative estimate of drug-likeness (QED) is 0.840. The Morgan fingerprint density at radius 2 is 2.24 bits per heavy atom. The van der Waals surface area contributed by atoms with Gasteiger partial charge in [0.15, 0.2) is 0 Å². The predicted octanol–water partition coefficient (Wildman–Crippen LogP) is 0.737. The molecule has 2 rings (SSSR count). The minimum Gasteiger partial charge on any atom is -0.494 e. The van der Waals surface area contributed by atoms with E-state index in [0.29, 0.717) is 26.1 Å². The number of sulfonamides is 1. The number of carbonyl (C=O) groups is 1. The van der Waals surface area contributed by atoms with Crippen molar-refractivity contribution in [2.24, 2.45) is 0 Å². The molecule has 1 aromatic carbocycles. The highest BCUT2D eigenvalue weighted by atomic mass is 32.2. The Bertz CT molecular complexity index is 601. The lowest BCUT2D eigenvalue weighted by molar-refractivity contribution is -0.121. The number of amides is 1. The molecule has 1 amide bonds. The van der Waals surface area contributed by atoms with Gasteiger partial charge in [-0.3, -0.25) is 4.79 Å². The van der Waals surface area contributed by atoms with E-state index in [1.165, 1.54) is 4.31 Å². The highest BCUT2D eigenvalue weighted by molar-refractivity contribution is 7.89. The number of carbonyl (C=O) groups excluding carboxylic acids is 1. The average molecular weight is 312 g/mol. The first kappa shape index (κ1) is 15.8. The molecular formula is C14H20N2O4S. The summed E-state index contributed by atoms with van der Waals surface area (Å²) in [4.78, 5) is 11.8. The van der Waals surface area contributed by atoms with Crippen LogP contribution in [0.3, 0.4) is 0 Å². The summed E-state index contributed by atoms with van der Waals surface area (Å²) >= 11 is 0. The molecule has 0 radical (unpaired) electrons. The normalized spacial score (nSPS) is 17.6. The zero-order valence-electron chi connectivity index (χ0n) is 12.0. The van der Waals surface area contributed by atoms with Gasteiger partial charge >= 0.3 is 0 Å². The Balaban J connectivity index is 1.85. The van der Waals surface area contributed by atoms with Gasteiger partial charge in [0.25, 0.3) is 0 Å². The number of benzene rings is 1. The van der Waals surface area contributed by atoms with Crippen LogP contribution in [-0.4, -0.2) is 44.1 Å². The highest BCUT2D eigenvalue weighted by Crippen LogP contribution is 2.14. The van der Waals surface area contributed by atoms with Gasteiger partial charge < -0.3 is 10.1 Å². The Hall–Kier alpha value is -1.60. The second kappa shape index (κ2) is 6.91. The van der Waals surface area contributed by atoms with Crippen LogP contribution in [0.1, 0.15) is 18.9 Å². The summed E-state index contributed by atoms with van der Waals surface area (Å²) in [6.45, 7) is 3.17. The highest BCUT2D eigenvalue weighted by Gasteiger charge is 2.29. The van der Waals surface area contributed by atoms with Crippen molar-refractivity contribution in [1.82, 2.24) is 9.62 Å². The summed E-state index contributed by atoms with van der Waals surface area (Å²) in [5.74, 6) is 0.602. The first-order valence-electron chi connectivity index (χ1n) is 6.97. The van der Waals surface area contributed by atoms with Gasteiger partial charge in [-0.05, 0) is 31.0 Å². The minimum atomic E-state index is -3.23. The Kier molecular flexibility index (Phi) is 5.19. The number of nitrogens with one attached hydrogen (secondary N) is 1. The number of ether oxygens (including phenoxy) is 1. The molecule has 0 bridgehead atoms. The molecule has 1 heterocycles. The molecule has 7 heteroatoms. The van der Waals surface area contributed by atoms with E-state index in [4.69, 9.17) is 4.74 Å². The fourth-order valence-corrected chi connectivity index (χ4v) is 3.67. The van der Waals surface area contributed by atoms with E-state index in [1.54, 1.807) is 0 Å². The summed E-state index contributed by atoms with van der Waals surface area (Å²) in [5, 5.41) is 2.73. The van der Waals surface area contributed by atoms with Gasteiger partial charge in [-0.25, -0.2) is 8.42 Å². The molecule has 0 atom stereocenters. The zero-order valence-corrected chi connectivity index (χ0v) is 12.9. The zero-order chi connectivity index (χ0) is 15.3. The van der Waals surface area contributed by atoms with Gasteiger partial charge in [-0.15, -0.1) is 0 Å². The van der Waals surface area contributed by atoms with Crippen LogP contribution in [0.15, 0.2) is 24.3 Å². The van der Waals surface area contributed by atoms with Crippen molar-refractivity contribution in [1.29, 1.82) is 0 Å². The molecule has 116 valence electrons. The Morgan fingerprint density at radius 3 is 2.90 bits per heavy atom. The van der Waals surface area contributed by atoms with Crippen LogP contribution in [0.2, 0.25) is 0 Å². The van der Waals surface area contributed by atoms with Crippen molar-refractivity contribution in [3.63, 3.8) is 0 Å². The van der Waals surface area contributed by atoms with E-state index >= 15 is 0 Å².